The Hall–Kier alpha value is -3.20. The third-order valence-electron chi connectivity index (χ3n) is 6.48. The van der Waals surface area contributed by atoms with E-state index in [1.165, 1.54) is 0 Å². The van der Waals surface area contributed by atoms with Gasteiger partial charge in [0.2, 0.25) is 11.9 Å². The fourth-order valence-corrected chi connectivity index (χ4v) is 4.53. The third kappa shape index (κ3) is 4.99. The first-order chi connectivity index (χ1) is 16.2. The zero-order valence-electron chi connectivity index (χ0n) is 20.8. The Morgan fingerprint density at radius 2 is 1.76 bits per heavy atom. The van der Waals surface area contributed by atoms with Crippen molar-refractivity contribution >= 4 is 23.6 Å². The molecule has 2 aliphatic rings. The molecule has 9 nitrogen and oxygen atoms in total. The normalized spacial score (nSPS) is 16.9. The van der Waals surface area contributed by atoms with E-state index in [1.807, 2.05) is 55.9 Å². The van der Waals surface area contributed by atoms with Gasteiger partial charge in [-0.05, 0) is 33.5 Å². The highest BCUT2D eigenvalue weighted by Crippen LogP contribution is 2.32. The minimum atomic E-state index is -0.0528. The summed E-state index contributed by atoms with van der Waals surface area (Å²) >= 11 is 0. The maximum atomic E-state index is 13.2. The lowest BCUT2D eigenvalue weighted by molar-refractivity contribution is -0.129. The number of nitrogens with zero attached hydrogens (tertiary/aromatic N) is 6. The summed E-state index contributed by atoms with van der Waals surface area (Å²) in [6.45, 7) is 9.43. The summed E-state index contributed by atoms with van der Waals surface area (Å²) in [6, 6.07) is 10.4. The van der Waals surface area contributed by atoms with Crippen LogP contribution in [0.4, 0.5) is 11.8 Å². The van der Waals surface area contributed by atoms with Gasteiger partial charge in [0.05, 0.1) is 12.6 Å². The number of carbonyl (C=O) groups is 2. The molecule has 3 heterocycles. The van der Waals surface area contributed by atoms with Crippen LogP contribution in [0.25, 0.3) is 0 Å². The molecule has 2 aliphatic heterocycles. The smallest absolute Gasteiger partial charge is 0.273 e. The van der Waals surface area contributed by atoms with Gasteiger partial charge < -0.3 is 24.9 Å². The molecule has 2 aromatic rings. The Balaban J connectivity index is 1.70. The van der Waals surface area contributed by atoms with E-state index in [2.05, 4.69) is 27.2 Å². The zero-order valence-corrected chi connectivity index (χ0v) is 20.8. The average molecular weight is 466 g/mol. The van der Waals surface area contributed by atoms with E-state index in [0.29, 0.717) is 50.2 Å². The van der Waals surface area contributed by atoms with Crippen molar-refractivity contribution < 1.29 is 9.59 Å². The number of anilines is 2. The van der Waals surface area contributed by atoms with Crippen LogP contribution in [0.5, 0.6) is 0 Å². The second kappa shape index (κ2) is 9.97. The number of hydrogen-bond donors (Lipinski definition) is 1. The summed E-state index contributed by atoms with van der Waals surface area (Å²) in [4.78, 5) is 42.5. The first-order valence-electron chi connectivity index (χ1n) is 11.9. The van der Waals surface area contributed by atoms with E-state index in [0.717, 1.165) is 17.7 Å². The minimum absolute atomic E-state index is 0.000752. The number of rotatable bonds is 7. The van der Waals surface area contributed by atoms with Crippen molar-refractivity contribution in [2.75, 3.05) is 57.0 Å². The number of piperazine rings is 1. The predicted molar refractivity (Wildman–Crippen MR) is 133 cm³/mol. The number of benzene rings is 1. The number of aromatic nitrogens is 2. The topological polar surface area (TPSA) is 84.9 Å². The number of likely N-dealkylation sites (N-methyl/N-ethyl adjacent to an activating group) is 1. The molecule has 0 spiro atoms. The molecule has 0 aliphatic carbocycles. The highest BCUT2D eigenvalue weighted by Gasteiger charge is 2.35. The van der Waals surface area contributed by atoms with E-state index in [-0.39, 0.29) is 23.9 Å². The van der Waals surface area contributed by atoms with E-state index in [1.54, 1.807) is 6.92 Å². The van der Waals surface area contributed by atoms with Gasteiger partial charge in [-0.25, -0.2) is 4.98 Å². The number of nitrogens with one attached hydrogen (secondary N) is 1. The van der Waals surface area contributed by atoms with Crippen LogP contribution in [0.2, 0.25) is 0 Å². The van der Waals surface area contributed by atoms with Crippen LogP contribution >= 0.6 is 0 Å². The van der Waals surface area contributed by atoms with Gasteiger partial charge in [-0.1, -0.05) is 30.3 Å². The van der Waals surface area contributed by atoms with Gasteiger partial charge in [0.15, 0.2) is 0 Å². The van der Waals surface area contributed by atoms with Gasteiger partial charge in [-0.3, -0.25) is 9.59 Å². The summed E-state index contributed by atoms with van der Waals surface area (Å²) in [6.07, 6.45) is 0. The summed E-state index contributed by atoms with van der Waals surface area (Å²) in [5, 5.41) is 3.65. The molecule has 0 saturated carbocycles. The van der Waals surface area contributed by atoms with Gasteiger partial charge in [-0.15, -0.1) is 0 Å². The number of hydrogen-bond acceptors (Lipinski definition) is 7. The standard InChI is InChI=1S/C25H35N7O2/c1-17(2)32-15-20-22(24(32)34)27-25(31-13-11-30(12-14-31)18(3)33)28-23(20)26-21(16-29(4)5)19-9-7-6-8-10-19/h6-10,17,21H,11-16H2,1-5H3,(H,26,27,28). The Bertz CT molecular complexity index is 1030. The Labute approximate surface area is 201 Å². The lowest BCUT2D eigenvalue weighted by Crippen LogP contribution is -2.48. The van der Waals surface area contributed by atoms with Crippen molar-refractivity contribution in [2.24, 2.45) is 0 Å². The summed E-state index contributed by atoms with van der Waals surface area (Å²) in [5.74, 6) is 1.28. The summed E-state index contributed by atoms with van der Waals surface area (Å²) < 4.78 is 0. The SMILES string of the molecule is CC(=O)N1CCN(c2nc(NC(CN(C)C)c3ccccc3)c3c(n2)C(=O)N(C(C)C)C3)CC1. The largest absolute Gasteiger partial charge is 0.361 e. The third-order valence-corrected chi connectivity index (χ3v) is 6.48. The lowest BCUT2D eigenvalue weighted by atomic mass is 10.1. The predicted octanol–water partition coefficient (Wildman–Crippen LogP) is 2.22. The second-order valence-electron chi connectivity index (χ2n) is 9.59. The maximum Gasteiger partial charge on any atom is 0.273 e. The monoisotopic (exact) mass is 465 g/mol. The van der Waals surface area contributed by atoms with Crippen molar-refractivity contribution in [1.82, 2.24) is 24.7 Å². The van der Waals surface area contributed by atoms with Crippen molar-refractivity contribution in [3.8, 4) is 0 Å². The van der Waals surface area contributed by atoms with Crippen molar-refractivity contribution in [3.05, 3.63) is 47.2 Å². The molecular weight excluding hydrogens is 430 g/mol. The summed E-state index contributed by atoms with van der Waals surface area (Å²) in [5.41, 5.74) is 2.49. The molecule has 1 saturated heterocycles. The molecule has 1 atom stereocenters. The van der Waals surface area contributed by atoms with Crippen molar-refractivity contribution in [3.63, 3.8) is 0 Å². The second-order valence-corrected chi connectivity index (χ2v) is 9.59. The van der Waals surface area contributed by atoms with Gasteiger partial charge in [0, 0.05) is 51.3 Å². The first-order valence-corrected chi connectivity index (χ1v) is 11.9. The highest BCUT2D eigenvalue weighted by atomic mass is 16.2. The van der Waals surface area contributed by atoms with E-state index in [4.69, 9.17) is 9.97 Å². The van der Waals surface area contributed by atoms with E-state index in [9.17, 15) is 9.59 Å². The van der Waals surface area contributed by atoms with Crippen LogP contribution in [0, 0.1) is 0 Å². The molecule has 1 unspecified atom stereocenters. The fraction of sp³-hybridized carbons (Fsp3) is 0.520. The molecule has 182 valence electrons. The molecule has 4 rings (SSSR count). The van der Waals surface area contributed by atoms with E-state index >= 15 is 0 Å². The Kier molecular flexibility index (Phi) is 7.02. The Morgan fingerprint density at radius 3 is 2.35 bits per heavy atom. The number of fused-ring (bicyclic) bond motifs is 1. The van der Waals surface area contributed by atoms with Gasteiger partial charge >= 0.3 is 0 Å². The van der Waals surface area contributed by atoms with Crippen LogP contribution in [0.3, 0.4) is 0 Å². The maximum absolute atomic E-state index is 13.2. The van der Waals surface area contributed by atoms with Crippen molar-refractivity contribution in [2.45, 2.75) is 39.4 Å². The van der Waals surface area contributed by atoms with Crippen LogP contribution < -0.4 is 10.2 Å². The minimum Gasteiger partial charge on any atom is -0.361 e. The molecule has 1 aromatic carbocycles. The average Bonchev–Trinajstić information content (AvgIpc) is 3.16. The van der Waals surface area contributed by atoms with Gasteiger partial charge in [0.25, 0.3) is 5.91 Å². The van der Waals surface area contributed by atoms with Crippen LogP contribution in [-0.2, 0) is 11.3 Å². The Morgan fingerprint density at radius 1 is 1.09 bits per heavy atom. The van der Waals surface area contributed by atoms with Crippen LogP contribution in [-0.4, -0.2) is 89.3 Å². The highest BCUT2D eigenvalue weighted by molar-refractivity contribution is 5.98. The molecule has 1 fully saturated rings. The van der Waals surface area contributed by atoms with Crippen LogP contribution in [0.15, 0.2) is 30.3 Å². The van der Waals surface area contributed by atoms with E-state index < -0.39 is 0 Å². The van der Waals surface area contributed by atoms with Crippen LogP contribution in [0.1, 0.15) is 48.4 Å². The van der Waals surface area contributed by atoms with Gasteiger partial charge in [0.1, 0.15) is 11.5 Å². The van der Waals surface area contributed by atoms with Gasteiger partial charge in [-0.2, -0.15) is 4.98 Å². The molecule has 1 aromatic heterocycles. The number of carbonyl (C=O) groups excluding carboxylic acids is 2. The quantitative estimate of drug-likeness (QED) is 0.671. The molecule has 9 heteroatoms. The molecular formula is C25H35N7O2. The van der Waals surface area contributed by atoms with Crippen molar-refractivity contribution in [1.29, 1.82) is 0 Å². The molecule has 0 radical (unpaired) electrons. The summed E-state index contributed by atoms with van der Waals surface area (Å²) in [7, 11) is 4.10. The zero-order chi connectivity index (χ0) is 24.4. The lowest BCUT2D eigenvalue weighted by Gasteiger charge is -2.34. The molecule has 34 heavy (non-hydrogen) atoms. The molecule has 1 N–H and O–H groups in total. The molecule has 2 amide bonds. The molecule has 0 bridgehead atoms. The number of amides is 2. The first kappa shape index (κ1) is 23.9. The fourth-order valence-electron chi connectivity index (χ4n) is 4.53.